The summed E-state index contributed by atoms with van der Waals surface area (Å²) in [6.45, 7) is 0. The summed E-state index contributed by atoms with van der Waals surface area (Å²) < 4.78 is 60.4. The number of phenolic OH excluding ortho intramolecular Hbond substituents is 1. The third-order valence-electron chi connectivity index (χ3n) is 1.34. The van der Waals surface area contributed by atoms with Crippen LogP contribution in [0.25, 0.3) is 0 Å². The van der Waals surface area contributed by atoms with Crippen molar-refractivity contribution in [3.05, 3.63) is 29.3 Å². The first-order valence-electron chi connectivity index (χ1n) is 3.07. The Balaban J connectivity index is 3.29. The van der Waals surface area contributed by atoms with E-state index >= 15 is 0 Å². The number of aromatic hydroxyl groups is 1. The van der Waals surface area contributed by atoms with E-state index in [9.17, 15) is 22.0 Å². The van der Waals surface area contributed by atoms with E-state index in [0.29, 0.717) is 0 Å². The van der Waals surface area contributed by atoms with Crippen molar-refractivity contribution in [1.29, 1.82) is 0 Å². The molecule has 0 unspecified atom stereocenters. The van der Waals surface area contributed by atoms with Gasteiger partial charge in [0.25, 0.3) is 0 Å². The lowest BCUT2D eigenvalue weighted by Crippen LogP contribution is -2.06. The summed E-state index contributed by atoms with van der Waals surface area (Å²) in [5.74, 6) is -4.67. The highest BCUT2D eigenvalue weighted by Crippen LogP contribution is 2.33. The second-order valence-corrected chi connectivity index (χ2v) is 2.29. The molecule has 6 heteroatoms. The fourth-order valence-electron chi connectivity index (χ4n) is 0.729. The van der Waals surface area contributed by atoms with Crippen LogP contribution in [0.2, 0.25) is 0 Å². The van der Waals surface area contributed by atoms with Crippen molar-refractivity contribution in [3.63, 3.8) is 0 Å². The van der Waals surface area contributed by atoms with Crippen LogP contribution in [0, 0.1) is 11.6 Å². The van der Waals surface area contributed by atoms with Crippen molar-refractivity contribution in [2.75, 3.05) is 0 Å². The zero-order valence-electron chi connectivity index (χ0n) is 5.99. The number of benzene rings is 1. The van der Waals surface area contributed by atoms with Crippen molar-refractivity contribution in [1.82, 2.24) is 0 Å². The van der Waals surface area contributed by atoms with Crippen LogP contribution >= 0.6 is 0 Å². The predicted molar refractivity (Wildman–Crippen MR) is 33.0 cm³/mol. The highest BCUT2D eigenvalue weighted by atomic mass is 19.4. The molecule has 0 saturated carbocycles. The van der Waals surface area contributed by atoms with E-state index in [4.69, 9.17) is 5.11 Å². The van der Waals surface area contributed by atoms with E-state index in [2.05, 4.69) is 0 Å². The first kappa shape index (κ1) is 9.76. The van der Waals surface area contributed by atoms with Crippen molar-refractivity contribution >= 4 is 0 Å². The Morgan fingerprint density at radius 1 is 1.00 bits per heavy atom. The lowest BCUT2D eigenvalue weighted by Gasteiger charge is -2.07. The Kier molecular flexibility index (Phi) is 2.15. The Morgan fingerprint density at radius 2 is 1.38 bits per heavy atom. The summed E-state index contributed by atoms with van der Waals surface area (Å²) in [5, 5.41) is 8.48. The molecular weight excluding hydrogens is 195 g/mol. The fraction of sp³-hybridized carbons (Fsp3) is 0.143. The summed E-state index contributed by atoms with van der Waals surface area (Å²) in [6, 6.07) is 0.0524. The minimum absolute atomic E-state index is 0.0262. The third kappa shape index (κ3) is 1.88. The van der Waals surface area contributed by atoms with Crippen LogP contribution in [0.5, 0.6) is 5.75 Å². The Bertz CT molecular complexity index is 307. The minimum Gasteiger partial charge on any atom is -0.503 e. The van der Waals surface area contributed by atoms with Crippen molar-refractivity contribution < 1.29 is 27.1 Å². The molecule has 0 aliphatic rings. The van der Waals surface area contributed by atoms with Gasteiger partial charge in [0.1, 0.15) is 0 Å². The van der Waals surface area contributed by atoms with Crippen LogP contribution in [0.3, 0.4) is 0 Å². The van der Waals surface area contributed by atoms with Crippen molar-refractivity contribution in [2.45, 2.75) is 6.18 Å². The van der Waals surface area contributed by atoms with Gasteiger partial charge in [-0.2, -0.15) is 13.2 Å². The number of hydrogen-bond donors (Lipinski definition) is 1. The topological polar surface area (TPSA) is 20.2 Å². The van der Waals surface area contributed by atoms with E-state index in [0.717, 1.165) is 0 Å². The van der Waals surface area contributed by atoms with Crippen LogP contribution in [-0.4, -0.2) is 5.11 Å². The van der Waals surface area contributed by atoms with E-state index in [1.54, 1.807) is 0 Å². The summed E-state index contributed by atoms with van der Waals surface area (Å²) in [4.78, 5) is 0. The number of halogens is 5. The highest BCUT2D eigenvalue weighted by Gasteiger charge is 2.32. The highest BCUT2D eigenvalue weighted by molar-refractivity contribution is 5.31. The molecule has 0 heterocycles. The van der Waals surface area contributed by atoms with Gasteiger partial charge >= 0.3 is 6.18 Å². The molecule has 72 valence electrons. The summed E-state index contributed by atoms with van der Waals surface area (Å²) in [6.07, 6.45) is -4.82. The number of hydrogen-bond acceptors (Lipinski definition) is 1. The second kappa shape index (κ2) is 2.86. The Morgan fingerprint density at radius 3 is 1.69 bits per heavy atom. The van der Waals surface area contributed by atoms with Crippen LogP contribution in [-0.2, 0) is 6.18 Å². The maximum Gasteiger partial charge on any atom is 0.416 e. The van der Waals surface area contributed by atoms with Crippen LogP contribution in [0.15, 0.2) is 12.1 Å². The molecule has 1 aromatic carbocycles. The standard InChI is InChI=1S/C7H3F5O/c8-4-1-3(7(10,11)12)2-5(9)6(4)13/h1-2,13H. The molecule has 0 amide bonds. The molecule has 1 rings (SSSR count). The second-order valence-electron chi connectivity index (χ2n) is 2.29. The Labute approximate surface area is 69.4 Å². The molecule has 0 aliphatic heterocycles. The molecule has 13 heavy (non-hydrogen) atoms. The molecule has 1 N–H and O–H groups in total. The number of rotatable bonds is 0. The van der Waals surface area contributed by atoms with Gasteiger partial charge in [-0.1, -0.05) is 0 Å². The SMILES string of the molecule is Oc1c(F)cc(C(F)(F)F)cc1F. The van der Waals surface area contributed by atoms with E-state index in [1.165, 1.54) is 0 Å². The molecule has 0 spiro atoms. The first-order chi connectivity index (χ1) is 5.82. The largest absolute Gasteiger partial charge is 0.503 e. The molecule has 1 aromatic rings. The molecule has 0 bridgehead atoms. The fourth-order valence-corrected chi connectivity index (χ4v) is 0.729. The van der Waals surface area contributed by atoms with E-state index < -0.39 is 29.1 Å². The molecule has 0 saturated heterocycles. The van der Waals surface area contributed by atoms with Crippen LogP contribution in [0.1, 0.15) is 5.56 Å². The number of phenols is 1. The summed E-state index contributed by atoms with van der Waals surface area (Å²) in [5.41, 5.74) is -1.47. The molecule has 0 aromatic heterocycles. The number of alkyl halides is 3. The molecule has 1 nitrogen and oxygen atoms in total. The van der Waals surface area contributed by atoms with Gasteiger partial charge in [-0.15, -0.1) is 0 Å². The third-order valence-corrected chi connectivity index (χ3v) is 1.34. The van der Waals surface area contributed by atoms with Gasteiger partial charge in [0.2, 0.25) is 0 Å². The molecule has 0 fully saturated rings. The van der Waals surface area contributed by atoms with Crippen molar-refractivity contribution in [2.24, 2.45) is 0 Å². The van der Waals surface area contributed by atoms with Gasteiger partial charge in [0.15, 0.2) is 17.4 Å². The zero-order valence-corrected chi connectivity index (χ0v) is 5.99. The van der Waals surface area contributed by atoms with E-state index in [1.807, 2.05) is 0 Å². The van der Waals surface area contributed by atoms with Crippen molar-refractivity contribution in [3.8, 4) is 5.75 Å². The predicted octanol–water partition coefficient (Wildman–Crippen LogP) is 2.69. The molecule has 0 aliphatic carbocycles. The monoisotopic (exact) mass is 198 g/mol. The molecular formula is C7H3F5O. The quantitative estimate of drug-likeness (QED) is 0.635. The smallest absolute Gasteiger partial charge is 0.416 e. The van der Waals surface area contributed by atoms with Gasteiger partial charge in [0, 0.05) is 0 Å². The average molecular weight is 198 g/mol. The zero-order chi connectivity index (χ0) is 10.2. The maximum atomic E-state index is 12.4. The lowest BCUT2D eigenvalue weighted by atomic mass is 10.2. The average Bonchev–Trinajstić information content (AvgIpc) is 1.97. The molecule has 0 radical (unpaired) electrons. The van der Waals surface area contributed by atoms with Gasteiger partial charge in [0.05, 0.1) is 5.56 Å². The Hall–Kier alpha value is -1.33. The van der Waals surface area contributed by atoms with Gasteiger partial charge < -0.3 is 5.11 Å². The van der Waals surface area contributed by atoms with Crippen LogP contribution < -0.4 is 0 Å². The van der Waals surface area contributed by atoms with Gasteiger partial charge in [-0.25, -0.2) is 8.78 Å². The summed E-state index contributed by atoms with van der Waals surface area (Å²) >= 11 is 0. The van der Waals surface area contributed by atoms with Gasteiger partial charge in [-0.3, -0.25) is 0 Å². The lowest BCUT2D eigenvalue weighted by molar-refractivity contribution is -0.138. The summed E-state index contributed by atoms with van der Waals surface area (Å²) in [7, 11) is 0. The first-order valence-corrected chi connectivity index (χ1v) is 3.07. The normalized spacial score (nSPS) is 11.8. The van der Waals surface area contributed by atoms with Gasteiger partial charge in [-0.05, 0) is 12.1 Å². The van der Waals surface area contributed by atoms with Crippen LogP contribution in [0.4, 0.5) is 22.0 Å². The molecule has 0 atom stereocenters. The van der Waals surface area contributed by atoms with E-state index in [-0.39, 0.29) is 12.1 Å². The maximum absolute atomic E-state index is 12.4. The minimum atomic E-state index is -4.82.